The molecule has 1 aromatic rings. The molecule has 0 spiro atoms. The summed E-state index contributed by atoms with van der Waals surface area (Å²) in [4.78, 5) is 8.59. The molecule has 1 heterocycles. The number of nitrogens with two attached hydrogens (primary N) is 1. The van der Waals surface area contributed by atoms with Crippen molar-refractivity contribution < 1.29 is 0 Å². The molecule has 0 atom stereocenters. The van der Waals surface area contributed by atoms with Crippen LogP contribution in [0, 0.1) is 0 Å². The number of rotatable bonds is 4. The van der Waals surface area contributed by atoms with Gasteiger partial charge in [0.05, 0.1) is 0 Å². The quantitative estimate of drug-likeness (QED) is 0.468. The Morgan fingerprint density at radius 3 is 2.69 bits per heavy atom. The second kappa shape index (κ2) is 5.47. The first-order chi connectivity index (χ1) is 6.31. The van der Waals surface area contributed by atoms with E-state index in [1.165, 1.54) is 0 Å². The van der Waals surface area contributed by atoms with Crippen molar-refractivity contribution >= 4 is 23.5 Å². The molecule has 1 rings (SSSR count). The van der Waals surface area contributed by atoms with Crippen molar-refractivity contribution in [2.75, 3.05) is 19.1 Å². The first-order valence-corrected chi connectivity index (χ1v) is 6.40. The van der Waals surface area contributed by atoms with Crippen molar-refractivity contribution in [1.29, 1.82) is 0 Å². The fourth-order valence-corrected chi connectivity index (χ4v) is 1.97. The van der Waals surface area contributed by atoms with E-state index in [0.29, 0.717) is 6.54 Å². The summed E-state index contributed by atoms with van der Waals surface area (Å²) in [5.41, 5.74) is 6.63. The van der Waals surface area contributed by atoms with Gasteiger partial charge in [-0.15, -0.1) is 11.8 Å². The predicted octanol–water partition coefficient (Wildman–Crippen LogP) is 1.42. The molecule has 0 radical (unpaired) electrons. The Morgan fingerprint density at radius 1 is 1.38 bits per heavy atom. The zero-order chi connectivity index (χ0) is 9.68. The third-order valence-electron chi connectivity index (χ3n) is 1.59. The summed E-state index contributed by atoms with van der Waals surface area (Å²) in [6.45, 7) is 0.648. The molecular formula is C8H13N3S2. The Morgan fingerprint density at radius 2 is 2.15 bits per heavy atom. The Kier molecular flexibility index (Phi) is 4.55. The van der Waals surface area contributed by atoms with Crippen LogP contribution in [0.1, 0.15) is 5.56 Å². The lowest BCUT2D eigenvalue weighted by Gasteiger charge is -2.05. The van der Waals surface area contributed by atoms with Crippen molar-refractivity contribution in [3.05, 3.63) is 11.8 Å². The number of nitrogens with zero attached hydrogens (tertiary/aromatic N) is 2. The molecule has 0 bridgehead atoms. The maximum atomic E-state index is 5.48. The molecule has 0 aliphatic heterocycles. The number of thioether (sulfide) groups is 2. The van der Waals surface area contributed by atoms with Gasteiger partial charge < -0.3 is 5.73 Å². The third kappa shape index (κ3) is 2.86. The molecule has 0 aromatic carbocycles. The van der Waals surface area contributed by atoms with Gasteiger partial charge in [0.25, 0.3) is 0 Å². The highest BCUT2D eigenvalue weighted by atomic mass is 32.2. The van der Waals surface area contributed by atoms with E-state index < -0.39 is 0 Å². The first kappa shape index (κ1) is 10.8. The zero-order valence-corrected chi connectivity index (χ0v) is 9.41. The largest absolute Gasteiger partial charge is 0.330 e. The molecule has 0 fully saturated rings. The highest BCUT2D eigenvalue weighted by molar-refractivity contribution is 7.99. The molecule has 5 heteroatoms. The third-order valence-corrected chi connectivity index (χ3v) is 2.89. The van der Waals surface area contributed by atoms with Gasteiger partial charge in [0.1, 0.15) is 5.03 Å². The van der Waals surface area contributed by atoms with Gasteiger partial charge in [-0.25, -0.2) is 9.97 Å². The SMILES string of the molecule is CSc1ncc(CCN)c(SC)n1. The van der Waals surface area contributed by atoms with Gasteiger partial charge >= 0.3 is 0 Å². The van der Waals surface area contributed by atoms with Crippen LogP contribution in [-0.4, -0.2) is 29.0 Å². The lowest BCUT2D eigenvalue weighted by Crippen LogP contribution is -2.05. The van der Waals surface area contributed by atoms with Crippen LogP contribution in [0.2, 0.25) is 0 Å². The maximum Gasteiger partial charge on any atom is 0.188 e. The Hall–Kier alpha value is -0.260. The van der Waals surface area contributed by atoms with Crippen LogP contribution in [0.15, 0.2) is 16.4 Å². The second-order valence-electron chi connectivity index (χ2n) is 2.43. The van der Waals surface area contributed by atoms with E-state index in [9.17, 15) is 0 Å². The van der Waals surface area contributed by atoms with E-state index in [2.05, 4.69) is 9.97 Å². The normalized spacial score (nSPS) is 10.4. The maximum absolute atomic E-state index is 5.48. The van der Waals surface area contributed by atoms with Crippen LogP contribution < -0.4 is 5.73 Å². The second-order valence-corrected chi connectivity index (χ2v) is 4.00. The van der Waals surface area contributed by atoms with Gasteiger partial charge in [-0.2, -0.15) is 0 Å². The lowest BCUT2D eigenvalue weighted by molar-refractivity contribution is 0.823. The summed E-state index contributed by atoms with van der Waals surface area (Å²) in [6.07, 6.45) is 6.72. The van der Waals surface area contributed by atoms with E-state index in [1.807, 2.05) is 18.7 Å². The molecule has 13 heavy (non-hydrogen) atoms. The van der Waals surface area contributed by atoms with E-state index in [1.54, 1.807) is 23.5 Å². The van der Waals surface area contributed by atoms with Crippen molar-refractivity contribution in [2.45, 2.75) is 16.6 Å². The zero-order valence-electron chi connectivity index (χ0n) is 7.78. The molecule has 72 valence electrons. The Labute approximate surface area is 86.9 Å². The van der Waals surface area contributed by atoms with Crippen molar-refractivity contribution in [2.24, 2.45) is 5.73 Å². The summed E-state index contributed by atoms with van der Waals surface area (Å²) in [6, 6.07) is 0. The summed E-state index contributed by atoms with van der Waals surface area (Å²) in [7, 11) is 0. The Balaban J connectivity index is 2.93. The standard InChI is InChI=1S/C8H13N3S2/c1-12-7-6(3-4-9)5-10-8(11-7)13-2/h5H,3-4,9H2,1-2H3. The summed E-state index contributed by atoms with van der Waals surface area (Å²) in [5, 5.41) is 1.87. The molecule has 1 aromatic heterocycles. The molecule has 0 unspecified atom stereocenters. The fourth-order valence-electron chi connectivity index (χ4n) is 0.978. The molecular weight excluding hydrogens is 202 g/mol. The average Bonchev–Trinajstić information content (AvgIpc) is 2.19. The van der Waals surface area contributed by atoms with Crippen LogP contribution in [0.25, 0.3) is 0 Å². The Bertz CT molecular complexity index is 278. The van der Waals surface area contributed by atoms with Gasteiger partial charge in [-0.05, 0) is 25.5 Å². The molecule has 0 aliphatic rings. The lowest BCUT2D eigenvalue weighted by atomic mass is 10.2. The van der Waals surface area contributed by atoms with Crippen LogP contribution in [0.3, 0.4) is 0 Å². The van der Waals surface area contributed by atoms with E-state index in [4.69, 9.17) is 5.73 Å². The van der Waals surface area contributed by atoms with Crippen LogP contribution in [0.5, 0.6) is 0 Å². The molecule has 0 saturated carbocycles. The van der Waals surface area contributed by atoms with Gasteiger partial charge in [-0.3, -0.25) is 0 Å². The minimum absolute atomic E-state index is 0.648. The highest BCUT2D eigenvalue weighted by Crippen LogP contribution is 2.20. The van der Waals surface area contributed by atoms with Crippen LogP contribution in [-0.2, 0) is 6.42 Å². The number of hydrogen-bond donors (Lipinski definition) is 1. The molecule has 0 aliphatic carbocycles. The monoisotopic (exact) mass is 215 g/mol. The topological polar surface area (TPSA) is 51.8 Å². The summed E-state index contributed by atoms with van der Waals surface area (Å²) >= 11 is 3.20. The highest BCUT2D eigenvalue weighted by Gasteiger charge is 2.04. The van der Waals surface area contributed by atoms with Crippen molar-refractivity contribution in [3.63, 3.8) is 0 Å². The van der Waals surface area contributed by atoms with E-state index in [-0.39, 0.29) is 0 Å². The predicted molar refractivity (Wildman–Crippen MR) is 58.4 cm³/mol. The van der Waals surface area contributed by atoms with Crippen molar-refractivity contribution in [3.8, 4) is 0 Å². The minimum Gasteiger partial charge on any atom is -0.330 e. The summed E-state index contributed by atoms with van der Waals surface area (Å²) < 4.78 is 0. The first-order valence-electron chi connectivity index (χ1n) is 3.95. The number of aromatic nitrogens is 2. The van der Waals surface area contributed by atoms with E-state index >= 15 is 0 Å². The van der Waals surface area contributed by atoms with Crippen molar-refractivity contribution in [1.82, 2.24) is 9.97 Å². The minimum atomic E-state index is 0.648. The van der Waals surface area contributed by atoms with Gasteiger partial charge in [0.15, 0.2) is 5.16 Å². The summed E-state index contributed by atoms with van der Waals surface area (Å²) in [5.74, 6) is 0. The fraction of sp³-hybridized carbons (Fsp3) is 0.500. The average molecular weight is 215 g/mol. The smallest absolute Gasteiger partial charge is 0.188 e. The van der Waals surface area contributed by atoms with Crippen LogP contribution in [0.4, 0.5) is 0 Å². The molecule has 2 N–H and O–H groups in total. The van der Waals surface area contributed by atoms with E-state index in [0.717, 1.165) is 22.2 Å². The molecule has 0 amide bonds. The van der Waals surface area contributed by atoms with Gasteiger partial charge in [-0.1, -0.05) is 11.8 Å². The van der Waals surface area contributed by atoms with Crippen LogP contribution >= 0.6 is 23.5 Å². The van der Waals surface area contributed by atoms with Gasteiger partial charge in [0, 0.05) is 11.8 Å². The number of hydrogen-bond acceptors (Lipinski definition) is 5. The molecule has 3 nitrogen and oxygen atoms in total. The molecule has 0 saturated heterocycles. The van der Waals surface area contributed by atoms with Gasteiger partial charge in [0.2, 0.25) is 0 Å².